The third-order valence-electron chi connectivity index (χ3n) is 3.28. The molecular weight excluding hydrogens is 332 g/mol. The largest absolute Gasteiger partial charge is 0.293 e. The number of benzene rings is 2. The molecule has 0 aliphatic rings. The molecule has 0 aliphatic heterocycles. The summed E-state index contributed by atoms with van der Waals surface area (Å²) < 4.78 is 1.65. The van der Waals surface area contributed by atoms with Gasteiger partial charge < -0.3 is 0 Å². The molecule has 5 nitrogen and oxygen atoms in total. The van der Waals surface area contributed by atoms with Crippen molar-refractivity contribution in [3.63, 3.8) is 0 Å². The van der Waals surface area contributed by atoms with E-state index < -0.39 is 0 Å². The highest BCUT2D eigenvalue weighted by Crippen LogP contribution is 2.21. The zero-order chi connectivity index (χ0) is 16.2. The highest BCUT2D eigenvalue weighted by Gasteiger charge is 2.13. The molecule has 0 fully saturated rings. The van der Waals surface area contributed by atoms with Crippen LogP contribution in [-0.4, -0.2) is 31.7 Å². The van der Waals surface area contributed by atoms with Crippen molar-refractivity contribution in [2.75, 3.05) is 5.75 Å². The molecule has 3 aromatic rings. The quantitative estimate of drug-likeness (QED) is 0.522. The summed E-state index contributed by atoms with van der Waals surface area (Å²) in [5, 5.41) is 12.9. The Morgan fingerprint density at radius 2 is 1.91 bits per heavy atom. The summed E-state index contributed by atoms with van der Waals surface area (Å²) >= 11 is 7.14. The second kappa shape index (κ2) is 6.93. The Morgan fingerprint density at radius 3 is 2.65 bits per heavy atom. The number of Topliss-reactive ketones (excluding diaryl/α,β-unsaturated/α-hetero) is 1. The molecule has 116 valence electrons. The fraction of sp³-hybridized carbons (Fsp3) is 0.125. The van der Waals surface area contributed by atoms with Crippen LogP contribution in [0.1, 0.15) is 15.9 Å². The van der Waals surface area contributed by atoms with Crippen LogP contribution in [0.4, 0.5) is 0 Å². The monoisotopic (exact) mass is 344 g/mol. The lowest BCUT2D eigenvalue weighted by atomic mass is 10.1. The molecule has 0 saturated heterocycles. The number of ketones is 1. The number of hydrogen-bond acceptors (Lipinski definition) is 5. The summed E-state index contributed by atoms with van der Waals surface area (Å²) in [5.74, 6) is 0.263. The summed E-state index contributed by atoms with van der Waals surface area (Å²) in [4.78, 5) is 12.2. The van der Waals surface area contributed by atoms with Gasteiger partial charge in [-0.15, -0.1) is 5.10 Å². The number of hydrogen-bond donors (Lipinski definition) is 0. The topological polar surface area (TPSA) is 60.7 Å². The van der Waals surface area contributed by atoms with Crippen molar-refractivity contribution in [2.24, 2.45) is 0 Å². The van der Waals surface area contributed by atoms with Gasteiger partial charge in [0.25, 0.3) is 0 Å². The predicted molar refractivity (Wildman–Crippen MR) is 90.4 cm³/mol. The molecule has 0 N–H and O–H groups in total. The van der Waals surface area contributed by atoms with Gasteiger partial charge in [0.15, 0.2) is 5.78 Å². The Balaban J connectivity index is 1.75. The zero-order valence-electron chi connectivity index (χ0n) is 12.3. The van der Waals surface area contributed by atoms with E-state index in [0.717, 1.165) is 11.3 Å². The fourth-order valence-corrected chi connectivity index (χ4v) is 2.97. The minimum Gasteiger partial charge on any atom is -0.293 e. The van der Waals surface area contributed by atoms with Gasteiger partial charge in [0.05, 0.1) is 11.4 Å². The lowest BCUT2D eigenvalue weighted by Gasteiger charge is -2.06. The molecule has 7 heteroatoms. The Bertz CT molecular complexity index is 832. The number of carbonyl (C=O) groups excluding carboxylic acids is 1. The number of carbonyl (C=O) groups is 1. The van der Waals surface area contributed by atoms with Crippen molar-refractivity contribution >= 4 is 29.1 Å². The third kappa shape index (κ3) is 3.60. The SMILES string of the molecule is Cc1ccccc1-n1nnnc1SCC(=O)c1ccc(Cl)cc1. The molecule has 0 bridgehead atoms. The molecule has 1 heterocycles. The normalized spacial score (nSPS) is 10.7. The lowest BCUT2D eigenvalue weighted by molar-refractivity contribution is 0.102. The van der Waals surface area contributed by atoms with Gasteiger partial charge in [-0.1, -0.05) is 41.6 Å². The van der Waals surface area contributed by atoms with E-state index in [1.165, 1.54) is 11.8 Å². The first-order valence-corrected chi connectivity index (χ1v) is 8.27. The number of aromatic nitrogens is 4. The highest BCUT2D eigenvalue weighted by atomic mass is 35.5. The molecule has 2 aromatic carbocycles. The van der Waals surface area contributed by atoms with Crippen molar-refractivity contribution in [1.29, 1.82) is 0 Å². The Labute approximate surface area is 142 Å². The minimum atomic E-state index is 0.00556. The standard InChI is InChI=1S/C16H13ClN4OS/c1-11-4-2-3-5-14(11)21-16(18-19-20-21)23-10-15(22)12-6-8-13(17)9-7-12/h2-9H,10H2,1H3. The summed E-state index contributed by atoms with van der Waals surface area (Å²) in [6.07, 6.45) is 0. The molecule has 0 atom stereocenters. The maximum atomic E-state index is 12.2. The highest BCUT2D eigenvalue weighted by molar-refractivity contribution is 7.99. The van der Waals surface area contributed by atoms with Crippen LogP contribution in [-0.2, 0) is 0 Å². The predicted octanol–water partition coefficient (Wildman–Crippen LogP) is 3.60. The summed E-state index contributed by atoms with van der Waals surface area (Å²) in [7, 11) is 0. The number of aryl methyl sites for hydroxylation is 1. The van der Waals surface area contributed by atoms with Crippen LogP contribution < -0.4 is 0 Å². The molecule has 23 heavy (non-hydrogen) atoms. The molecular formula is C16H13ClN4OS. The van der Waals surface area contributed by atoms with Crippen LogP contribution >= 0.6 is 23.4 Å². The van der Waals surface area contributed by atoms with Gasteiger partial charge in [-0.2, -0.15) is 4.68 Å². The van der Waals surface area contributed by atoms with E-state index >= 15 is 0 Å². The molecule has 0 amide bonds. The average molecular weight is 345 g/mol. The van der Waals surface area contributed by atoms with Crippen molar-refractivity contribution in [2.45, 2.75) is 12.1 Å². The van der Waals surface area contributed by atoms with Crippen LogP contribution in [0.5, 0.6) is 0 Å². The van der Waals surface area contributed by atoms with Gasteiger partial charge in [0.2, 0.25) is 5.16 Å². The van der Waals surface area contributed by atoms with E-state index in [9.17, 15) is 4.79 Å². The Hall–Kier alpha value is -2.18. The maximum absolute atomic E-state index is 12.2. The number of para-hydroxylation sites is 1. The Kier molecular flexibility index (Phi) is 4.73. The molecule has 0 aliphatic carbocycles. The second-order valence-corrected chi connectivity index (χ2v) is 6.26. The van der Waals surface area contributed by atoms with E-state index in [1.54, 1.807) is 28.9 Å². The van der Waals surface area contributed by atoms with E-state index in [4.69, 9.17) is 11.6 Å². The smallest absolute Gasteiger partial charge is 0.214 e. The van der Waals surface area contributed by atoms with Gasteiger partial charge in [-0.05, 0) is 53.2 Å². The minimum absolute atomic E-state index is 0.00556. The van der Waals surface area contributed by atoms with E-state index in [1.807, 2.05) is 31.2 Å². The molecule has 3 rings (SSSR count). The van der Waals surface area contributed by atoms with Crippen LogP contribution in [0.25, 0.3) is 5.69 Å². The van der Waals surface area contributed by atoms with Gasteiger partial charge in [0.1, 0.15) is 0 Å². The number of thioether (sulfide) groups is 1. The Morgan fingerprint density at radius 1 is 1.17 bits per heavy atom. The number of nitrogens with zero attached hydrogens (tertiary/aromatic N) is 4. The van der Waals surface area contributed by atoms with Crippen molar-refractivity contribution in [1.82, 2.24) is 20.2 Å². The third-order valence-corrected chi connectivity index (χ3v) is 4.45. The summed E-state index contributed by atoms with van der Waals surface area (Å²) in [6.45, 7) is 1.99. The maximum Gasteiger partial charge on any atom is 0.214 e. The number of halogens is 1. The second-order valence-electron chi connectivity index (χ2n) is 4.88. The first-order chi connectivity index (χ1) is 11.1. The zero-order valence-corrected chi connectivity index (χ0v) is 13.9. The molecule has 1 aromatic heterocycles. The van der Waals surface area contributed by atoms with E-state index in [-0.39, 0.29) is 11.5 Å². The van der Waals surface area contributed by atoms with Gasteiger partial charge in [-0.3, -0.25) is 4.79 Å². The van der Waals surface area contributed by atoms with Crippen LogP contribution in [0.2, 0.25) is 5.02 Å². The average Bonchev–Trinajstić information content (AvgIpc) is 3.02. The first-order valence-electron chi connectivity index (χ1n) is 6.91. The summed E-state index contributed by atoms with van der Waals surface area (Å²) in [5.41, 5.74) is 2.58. The van der Waals surface area contributed by atoms with E-state index in [0.29, 0.717) is 15.7 Å². The van der Waals surface area contributed by atoms with Crippen LogP contribution in [0, 0.1) is 6.92 Å². The van der Waals surface area contributed by atoms with Gasteiger partial charge in [-0.25, -0.2) is 0 Å². The number of rotatable bonds is 5. The van der Waals surface area contributed by atoms with Crippen LogP contribution in [0.3, 0.4) is 0 Å². The van der Waals surface area contributed by atoms with Crippen molar-refractivity contribution in [3.8, 4) is 5.69 Å². The van der Waals surface area contributed by atoms with Crippen LogP contribution in [0.15, 0.2) is 53.7 Å². The lowest BCUT2D eigenvalue weighted by Crippen LogP contribution is -2.05. The first kappa shape index (κ1) is 15.7. The molecule has 0 saturated carbocycles. The molecule has 0 spiro atoms. The van der Waals surface area contributed by atoms with E-state index in [2.05, 4.69) is 15.5 Å². The fourth-order valence-electron chi connectivity index (χ4n) is 2.07. The van der Waals surface area contributed by atoms with Gasteiger partial charge >= 0.3 is 0 Å². The molecule has 0 radical (unpaired) electrons. The molecule has 0 unspecified atom stereocenters. The van der Waals surface area contributed by atoms with Crippen molar-refractivity contribution < 1.29 is 4.79 Å². The summed E-state index contributed by atoms with van der Waals surface area (Å²) in [6, 6.07) is 14.7. The van der Waals surface area contributed by atoms with Gasteiger partial charge in [0, 0.05) is 10.6 Å². The number of tetrazole rings is 1. The van der Waals surface area contributed by atoms with Crippen molar-refractivity contribution in [3.05, 3.63) is 64.7 Å².